The predicted octanol–water partition coefficient (Wildman–Crippen LogP) is 3.99. The van der Waals surface area contributed by atoms with Crippen molar-refractivity contribution < 1.29 is 9.84 Å². The van der Waals surface area contributed by atoms with E-state index in [1.54, 1.807) is 0 Å². The van der Waals surface area contributed by atoms with E-state index in [9.17, 15) is 5.11 Å². The number of H-pyrrole nitrogens is 1. The number of aliphatic hydroxyl groups excluding tert-OH is 1. The second-order valence-corrected chi connectivity index (χ2v) is 9.27. The molecule has 0 radical (unpaired) electrons. The van der Waals surface area contributed by atoms with E-state index in [2.05, 4.69) is 15.1 Å². The molecule has 4 rings (SSSR count). The molecule has 2 N–H and O–H groups in total. The summed E-state index contributed by atoms with van der Waals surface area (Å²) in [7, 11) is 0. The summed E-state index contributed by atoms with van der Waals surface area (Å²) >= 11 is 0. The van der Waals surface area contributed by atoms with Crippen molar-refractivity contribution in [3.8, 4) is 0 Å². The van der Waals surface area contributed by atoms with Crippen molar-refractivity contribution >= 4 is 0 Å². The van der Waals surface area contributed by atoms with E-state index in [0.717, 1.165) is 45.5 Å². The normalized spacial score (nSPS) is 27.7. The summed E-state index contributed by atoms with van der Waals surface area (Å²) in [5, 5.41) is 17.8. The van der Waals surface area contributed by atoms with Crippen molar-refractivity contribution in [3.63, 3.8) is 0 Å². The first-order valence-electron chi connectivity index (χ1n) is 11.2. The predicted molar refractivity (Wildman–Crippen MR) is 107 cm³/mol. The van der Waals surface area contributed by atoms with Gasteiger partial charge in [0.15, 0.2) is 0 Å². The standard InChI is InChI=1S/C22H37N3O2/c26-17-22(14-20-8-4-5-13-27-20)9-11-25(12-10-22)16-19-15-23-24-21(19)18-6-2-1-3-7-18/h15,18,20,26H,1-14,16-17H2,(H,23,24). The number of aromatic amines is 1. The van der Waals surface area contributed by atoms with Gasteiger partial charge in [0, 0.05) is 36.9 Å². The van der Waals surface area contributed by atoms with E-state index in [0.29, 0.717) is 18.6 Å². The lowest BCUT2D eigenvalue weighted by Gasteiger charge is -2.43. The van der Waals surface area contributed by atoms with E-state index in [1.807, 2.05) is 6.20 Å². The summed E-state index contributed by atoms with van der Waals surface area (Å²) in [6.45, 7) is 4.36. The molecule has 3 heterocycles. The van der Waals surface area contributed by atoms with Crippen molar-refractivity contribution in [2.24, 2.45) is 5.41 Å². The van der Waals surface area contributed by atoms with Gasteiger partial charge in [-0.3, -0.25) is 10.00 Å². The lowest BCUT2D eigenvalue weighted by Crippen LogP contribution is -2.44. The third-order valence-corrected chi connectivity index (χ3v) is 7.35. The number of aromatic nitrogens is 2. The molecule has 2 saturated heterocycles. The minimum absolute atomic E-state index is 0.0705. The van der Waals surface area contributed by atoms with Crippen LogP contribution < -0.4 is 0 Å². The van der Waals surface area contributed by atoms with Gasteiger partial charge in [-0.05, 0) is 69.9 Å². The SMILES string of the molecule is OCC1(CC2CCCCO2)CCN(Cc2cn[nH]c2C2CCCCC2)CC1. The summed E-state index contributed by atoms with van der Waals surface area (Å²) in [4.78, 5) is 2.56. The molecule has 0 spiro atoms. The maximum Gasteiger partial charge on any atom is 0.0581 e. The Morgan fingerprint density at radius 3 is 2.59 bits per heavy atom. The number of aliphatic hydroxyl groups is 1. The van der Waals surface area contributed by atoms with E-state index in [4.69, 9.17) is 4.74 Å². The Morgan fingerprint density at radius 2 is 1.89 bits per heavy atom. The molecule has 2 aliphatic heterocycles. The van der Waals surface area contributed by atoms with Crippen molar-refractivity contribution in [3.05, 3.63) is 17.5 Å². The first-order chi connectivity index (χ1) is 13.3. The Labute approximate surface area is 163 Å². The van der Waals surface area contributed by atoms with Crippen molar-refractivity contribution in [1.29, 1.82) is 0 Å². The zero-order chi connectivity index (χ0) is 18.5. The molecular weight excluding hydrogens is 338 g/mol. The van der Waals surface area contributed by atoms with Crippen LogP contribution in [0.1, 0.15) is 87.8 Å². The van der Waals surface area contributed by atoms with Gasteiger partial charge >= 0.3 is 0 Å². The number of rotatable bonds is 6. The fourth-order valence-electron chi connectivity index (χ4n) is 5.50. The van der Waals surface area contributed by atoms with Gasteiger partial charge in [0.2, 0.25) is 0 Å². The van der Waals surface area contributed by atoms with E-state index < -0.39 is 0 Å². The molecular formula is C22H37N3O2. The van der Waals surface area contributed by atoms with Crippen molar-refractivity contribution in [2.45, 2.75) is 89.2 Å². The van der Waals surface area contributed by atoms with Gasteiger partial charge in [0.1, 0.15) is 0 Å². The summed E-state index contributed by atoms with van der Waals surface area (Å²) in [5.74, 6) is 0.682. The number of hydrogen-bond acceptors (Lipinski definition) is 4. The van der Waals surface area contributed by atoms with Gasteiger partial charge in [-0.2, -0.15) is 5.10 Å². The fraction of sp³-hybridized carbons (Fsp3) is 0.864. The Kier molecular flexibility index (Phi) is 6.51. The minimum Gasteiger partial charge on any atom is -0.396 e. The topological polar surface area (TPSA) is 61.4 Å². The molecule has 0 amide bonds. The number of nitrogens with one attached hydrogen (secondary N) is 1. The zero-order valence-corrected chi connectivity index (χ0v) is 16.8. The van der Waals surface area contributed by atoms with Crippen LogP contribution in [-0.2, 0) is 11.3 Å². The van der Waals surface area contributed by atoms with Crippen molar-refractivity contribution in [1.82, 2.24) is 15.1 Å². The highest BCUT2D eigenvalue weighted by atomic mass is 16.5. The van der Waals surface area contributed by atoms with Gasteiger partial charge < -0.3 is 9.84 Å². The van der Waals surface area contributed by atoms with Gasteiger partial charge in [0.05, 0.1) is 12.3 Å². The van der Waals surface area contributed by atoms with Crippen molar-refractivity contribution in [2.75, 3.05) is 26.3 Å². The molecule has 1 atom stereocenters. The molecule has 0 bridgehead atoms. The molecule has 1 aliphatic carbocycles. The molecule has 3 aliphatic rings. The highest BCUT2D eigenvalue weighted by Gasteiger charge is 2.37. The fourth-order valence-corrected chi connectivity index (χ4v) is 5.50. The molecule has 152 valence electrons. The number of hydrogen-bond donors (Lipinski definition) is 2. The molecule has 27 heavy (non-hydrogen) atoms. The van der Waals surface area contributed by atoms with Crippen LogP contribution in [0.5, 0.6) is 0 Å². The summed E-state index contributed by atoms with van der Waals surface area (Å²) in [6.07, 6.45) is 16.0. The van der Waals surface area contributed by atoms with Crippen LogP contribution in [0.3, 0.4) is 0 Å². The zero-order valence-electron chi connectivity index (χ0n) is 16.8. The minimum atomic E-state index is 0.0705. The highest BCUT2D eigenvalue weighted by Crippen LogP contribution is 2.39. The number of nitrogens with zero attached hydrogens (tertiary/aromatic N) is 2. The quantitative estimate of drug-likeness (QED) is 0.789. The molecule has 3 fully saturated rings. The van der Waals surface area contributed by atoms with Crippen LogP contribution in [0.25, 0.3) is 0 Å². The number of likely N-dealkylation sites (tertiary alicyclic amines) is 1. The molecule has 5 nitrogen and oxygen atoms in total. The Hall–Kier alpha value is -0.910. The lowest BCUT2D eigenvalue weighted by molar-refractivity contribution is -0.0486. The number of piperidine rings is 1. The Morgan fingerprint density at radius 1 is 1.11 bits per heavy atom. The second kappa shape index (κ2) is 9.06. The average Bonchev–Trinajstić information content (AvgIpc) is 3.19. The van der Waals surface area contributed by atoms with E-state index >= 15 is 0 Å². The molecule has 5 heteroatoms. The molecule has 1 unspecified atom stereocenters. The average molecular weight is 376 g/mol. The largest absolute Gasteiger partial charge is 0.396 e. The van der Waals surface area contributed by atoms with Crippen LogP contribution >= 0.6 is 0 Å². The monoisotopic (exact) mass is 375 g/mol. The van der Waals surface area contributed by atoms with Crippen LogP contribution in [0, 0.1) is 5.41 Å². The van der Waals surface area contributed by atoms with Gasteiger partial charge in [0.25, 0.3) is 0 Å². The van der Waals surface area contributed by atoms with Gasteiger partial charge in [-0.1, -0.05) is 19.3 Å². The van der Waals surface area contributed by atoms with Crippen LogP contribution in [0.2, 0.25) is 0 Å². The highest BCUT2D eigenvalue weighted by molar-refractivity contribution is 5.21. The smallest absolute Gasteiger partial charge is 0.0581 e. The maximum atomic E-state index is 10.1. The Balaban J connectivity index is 1.32. The molecule has 1 aromatic heterocycles. The second-order valence-electron chi connectivity index (χ2n) is 9.27. The van der Waals surface area contributed by atoms with E-state index in [-0.39, 0.29) is 5.41 Å². The van der Waals surface area contributed by atoms with Crippen LogP contribution in [-0.4, -0.2) is 52.6 Å². The van der Waals surface area contributed by atoms with Gasteiger partial charge in [-0.25, -0.2) is 0 Å². The molecule has 1 aromatic rings. The first kappa shape index (κ1) is 19.4. The first-order valence-corrected chi connectivity index (χ1v) is 11.2. The Bertz CT molecular complexity index is 568. The maximum absolute atomic E-state index is 10.1. The third-order valence-electron chi connectivity index (χ3n) is 7.35. The molecule has 1 saturated carbocycles. The van der Waals surface area contributed by atoms with Crippen LogP contribution in [0.4, 0.5) is 0 Å². The summed E-state index contributed by atoms with van der Waals surface area (Å²) < 4.78 is 5.97. The third kappa shape index (κ3) is 4.75. The summed E-state index contributed by atoms with van der Waals surface area (Å²) in [6, 6.07) is 0. The summed E-state index contributed by atoms with van der Waals surface area (Å²) in [5.41, 5.74) is 2.86. The van der Waals surface area contributed by atoms with Gasteiger partial charge in [-0.15, -0.1) is 0 Å². The number of ether oxygens (including phenoxy) is 1. The molecule has 0 aromatic carbocycles. The lowest BCUT2D eigenvalue weighted by atomic mass is 9.74. The van der Waals surface area contributed by atoms with E-state index in [1.165, 1.54) is 62.6 Å². The van der Waals surface area contributed by atoms with Crippen LogP contribution in [0.15, 0.2) is 6.20 Å².